The van der Waals surface area contributed by atoms with Gasteiger partial charge in [-0.25, -0.2) is 0 Å². The molecule has 1 aliphatic heterocycles. The lowest BCUT2D eigenvalue weighted by Crippen LogP contribution is -2.45. The minimum absolute atomic E-state index is 0.0497. The van der Waals surface area contributed by atoms with Crippen molar-refractivity contribution in [3.05, 3.63) is 34.3 Å². The van der Waals surface area contributed by atoms with Crippen molar-refractivity contribution in [2.75, 3.05) is 26.2 Å². The van der Waals surface area contributed by atoms with E-state index in [0.717, 1.165) is 18.2 Å². The molecule has 24 heavy (non-hydrogen) atoms. The molecule has 1 heterocycles. The summed E-state index contributed by atoms with van der Waals surface area (Å²) in [5, 5.41) is 3.12. The van der Waals surface area contributed by atoms with Crippen LogP contribution in [0.5, 0.6) is 0 Å². The van der Waals surface area contributed by atoms with Crippen molar-refractivity contribution in [1.82, 2.24) is 10.2 Å². The smallest absolute Gasteiger partial charge is 0.314 e. The van der Waals surface area contributed by atoms with E-state index in [0.29, 0.717) is 26.2 Å². The van der Waals surface area contributed by atoms with Gasteiger partial charge in [0.1, 0.15) is 0 Å². The maximum absolute atomic E-state index is 12.9. The molecule has 0 unspecified atom stereocenters. The van der Waals surface area contributed by atoms with Gasteiger partial charge in [0.2, 0.25) is 0 Å². The summed E-state index contributed by atoms with van der Waals surface area (Å²) >= 11 is 6.02. The zero-order valence-corrected chi connectivity index (χ0v) is 13.4. The summed E-state index contributed by atoms with van der Waals surface area (Å²) in [5.41, 5.74) is -0.813. The highest BCUT2D eigenvalue weighted by atomic mass is 35.5. The van der Waals surface area contributed by atoms with Gasteiger partial charge in [0, 0.05) is 43.7 Å². The summed E-state index contributed by atoms with van der Waals surface area (Å²) in [6.45, 7) is 2.04. The molecule has 2 rings (SSSR count). The Balaban J connectivity index is 2.34. The molecule has 1 fully saturated rings. The fraction of sp³-hybridized carbons (Fsp3) is 0.600. The number of hydrogen-bond acceptors (Lipinski definition) is 2. The van der Waals surface area contributed by atoms with Crippen LogP contribution in [0, 0.1) is 0 Å². The predicted molar refractivity (Wildman–Crippen MR) is 78.9 cm³/mol. The fourth-order valence-electron chi connectivity index (χ4n) is 2.80. The van der Waals surface area contributed by atoms with Crippen LogP contribution in [0.2, 0.25) is 5.02 Å². The molecule has 1 aromatic carbocycles. The van der Waals surface area contributed by atoms with Gasteiger partial charge in [0.25, 0.3) is 0 Å². The summed E-state index contributed by atoms with van der Waals surface area (Å²) in [6.07, 6.45) is -10.4. The maximum Gasteiger partial charge on any atom is 0.416 e. The molecule has 1 saturated heterocycles. The molecule has 1 aromatic rings. The molecule has 0 radical (unpaired) electrons. The van der Waals surface area contributed by atoms with Gasteiger partial charge in [-0.05, 0) is 30.2 Å². The lowest BCUT2D eigenvalue weighted by Gasteiger charge is -2.36. The Labute approximate surface area is 140 Å². The molecule has 0 bridgehead atoms. The van der Waals surface area contributed by atoms with Gasteiger partial charge >= 0.3 is 12.4 Å². The normalized spacial score (nSPS) is 18.6. The van der Waals surface area contributed by atoms with Gasteiger partial charge < -0.3 is 5.32 Å². The first-order valence-electron chi connectivity index (χ1n) is 7.46. The van der Waals surface area contributed by atoms with Gasteiger partial charge in [0.05, 0.1) is 5.56 Å². The Morgan fingerprint density at radius 2 is 1.71 bits per heavy atom. The van der Waals surface area contributed by atoms with Crippen molar-refractivity contribution in [3.8, 4) is 0 Å². The number of nitrogens with one attached hydrogen (secondary N) is 1. The number of benzene rings is 1. The second kappa shape index (κ2) is 7.49. The van der Waals surface area contributed by atoms with Crippen molar-refractivity contribution in [1.29, 1.82) is 0 Å². The van der Waals surface area contributed by atoms with Crippen LogP contribution in [0.1, 0.15) is 30.0 Å². The Morgan fingerprint density at radius 3 is 2.25 bits per heavy atom. The molecule has 136 valence electrons. The van der Waals surface area contributed by atoms with E-state index in [1.807, 2.05) is 0 Å². The molecule has 0 amide bonds. The van der Waals surface area contributed by atoms with E-state index in [9.17, 15) is 26.3 Å². The molecular formula is C15H17ClF6N2. The van der Waals surface area contributed by atoms with Crippen molar-refractivity contribution in [2.45, 2.75) is 31.2 Å². The van der Waals surface area contributed by atoms with E-state index in [1.165, 1.54) is 0 Å². The Kier molecular flexibility index (Phi) is 6.04. The molecule has 0 saturated carbocycles. The Morgan fingerprint density at radius 1 is 1.08 bits per heavy atom. The third-order valence-electron chi connectivity index (χ3n) is 3.98. The standard InChI is InChI=1S/C15H17ClF6N2/c16-12-2-1-10(15(20,21)22)9-11(12)13(3-4-14(17,18)19)24-7-5-23-6-8-24/h1-2,9,13,23H,3-8H2/t13-/m1/s1. The van der Waals surface area contributed by atoms with Gasteiger partial charge in [0.15, 0.2) is 0 Å². The van der Waals surface area contributed by atoms with E-state index < -0.39 is 30.4 Å². The Bertz CT molecular complexity index is 552. The molecule has 9 heteroatoms. The average molecular weight is 375 g/mol. The number of piperazine rings is 1. The predicted octanol–water partition coefficient (Wildman–Crippen LogP) is 4.65. The molecule has 1 aliphatic rings. The van der Waals surface area contributed by atoms with E-state index in [1.54, 1.807) is 4.90 Å². The van der Waals surface area contributed by atoms with Crippen molar-refractivity contribution in [3.63, 3.8) is 0 Å². The monoisotopic (exact) mass is 374 g/mol. The summed E-state index contributed by atoms with van der Waals surface area (Å²) in [5.74, 6) is 0. The number of halogens is 7. The second-order valence-electron chi connectivity index (χ2n) is 5.69. The molecule has 0 aliphatic carbocycles. The molecule has 1 atom stereocenters. The zero-order valence-electron chi connectivity index (χ0n) is 12.6. The van der Waals surface area contributed by atoms with Gasteiger partial charge in [-0.2, -0.15) is 26.3 Å². The van der Waals surface area contributed by atoms with E-state index in [4.69, 9.17) is 11.6 Å². The van der Waals surface area contributed by atoms with Crippen LogP contribution in [0.3, 0.4) is 0 Å². The summed E-state index contributed by atoms with van der Waals surface area (Å²) in [6, 6.07) is 2.00. The first-order valence-corrected chi connectivity index (χ1v) is 7.84. The second-order valence-corrected chi connectivity index (χ2v) is 6.10. The van der Waals surface area contributed by atoms with Crippen LogP contribution in [0.15, 0.2) is 18.2 Å². The quantitative estimate of drug-likeness (QED) is 0.772. The van der Waals surface area contributed by atoms with E-state index in [2.05, 4.69) is 5.32 Å². The van der Waals surface area contributed by atoms with Gasteiger partial charge in [-0.1, -0.05) is 11.6 Å². The topological polar surface area (TPSA) is 15.3 Å². The number of hydrogen-bond donors (Lipinski definition) is 1. The van der Waals surface area contributed by atoms with Crippen LogP contribution in [0.4, 0.5) is 26.3 Å². The lowest BCUT2D eigenvalue weighted by atomic mass is 9.97. The van der Waals surface area contributed by atoms with Gasteiger partial charge in [-0.3, -0.25) is 4.90 Å². The minimum Gasteiger partial charge on any atom is -0.314 e. The highest BCUT2D eigenvalue weighted by Crippen LogP contribution is 2.38. The maximum atomic E-state index is 12.9. The summed E-state index contributed by atoms with van der Waals surface area (Å²) in [7, 11) is 0. The third kappa shape index (κ3) is 5.26. The van der Waals surface area contributed by atoms with E-state index >= 15 is 0 Å². The number of alkyl halides is 6. The Hall–Kier alpha value is -0.990. The SMILES string of the molecule is FC(F)(F)CC[C@H](c1cc(C(F)(F)F)ccc1Cl)N1CCNCC1. The first-order chi connectivity index (χ1) is 11.1. The molecule has 1 N–H and O–H groups in total. The summed E-state index contributed by atoms with van der Waals surface area (Å²) in [4.78, 5) is 1.75. The number of nitrogens with zero attached hydrogens (tertiary/aromatic N) is 1. The first kappa shape index (κ1) is 19.3. The average Bonchev–Trinajstić information content (AvgIpc) is 2.48. The van der Waals surface area contributed by atoms with Crippen LogP contribution in [0.25, 0.3) is 0 Å². The van der Waals surface area contributed by atoms with Crippen molar-refractivity contribution >= 4 is 11.6 Å². The molecule has 2 nitrogen and oxygen atoms in total. The molecule has 0 aromatic heterocycles. The molecular weight excluding hydrogens is 358 g/mol. The van der Waals surface area contributed by atoms with E-state index in [-0.39, 0.29) is 17.0 Å². The highest BCUT2D eigenvalue weighted by Gasteiger charge is 2.35. The third-order valence-corrected chi connectivity index (χ3v) is 4.32. The molecule has 0 spiro atoms. The van der Waals surface area contributed by atoms with Crippen LogP contribution in [-0.4, -0.2) is 37.3 Å². The van der Waals surface area contributed by atoms with Gasteiger partial charge in [-0.15, -0.1) is 0 Å². The largest absolute Gasteiger partial charge is 0.416 e. The fourth-order valence-corrected chi connectivity index (χ4v) is 3.05. The van der Waals surface area contributed by atoms with Crippen LogP contribution in [-0.2, 0) is 6.18 Å². The van der Waals surface area contributed by atoms with Crippen LogP contribution >= 0.6 is 11.6 Å². The minimum atomic E-state index is -4.57. The van der Waals surface area contributed by atoms with Crippen molar-refractivity contribution in [2.24, 2.45) is 0 Å². The number of rotatable bonds is 4. The lowest BCUT2D eigenvalue weighted by molar-refractivity contribution is -0.140. The summed E-state index contributed by atoms with van der Waals surface area (Å²) < 4.78 is 76.7. The zero-order chi connectivity index (χ0) is 18.0. The van der Waals surface area contributed by atoms with Crippen molar-refractivity contribution < 1.29 is 26.3 Å². The highest BCUT2D eigenvalue weighted by molar-refractivity contribution is 6.31. The van der Waals surface area contributed by atoms with Crippen LogP contribution < -0.4 is 5.32 Å².